The third-order valence-corrected chi connectivity index (χ3v) is 3.30. The van der Waals surface area contributed by atoms with Crippen LogP contribution in [0.4, 0.5) is 0 Å². The zero-order valence-corrected chi connectivity index (χ0v) is 12.8. The highest BCUT2D eigenvalue weighted by Gasteiger charge is 2.10. The third kappa shape index (κ3) is 3.33. The van der Waals surface area contributed by atoms with Gasteiger partial charge in [-0.25, -0.2) is 9.78 Å². The van der Waals surface area contributed by atoms with Crippen LogP contribution in [0.3, 0.4) is 0 Å². The van der Waals surface area contributed by atoms with E-state index in [0.29, 0.717) is 28.7 Å². The highest BCUT2D eigenvalue weighted by Crippen LogP contribution is 2.28. The largest absolute Gasteiger partial charge is 0.507 e. The summed E-state index contributed by atoms with van der Waals surface area (Å²) in [7, 11) is 0. The lowest BCUT2D eigenvalue weighted by atomic mass is 10.2. The van der Waals surface area contributed by atoms with Crippen LogP contribution in [0.1, 0.15) is 16.1 Å². The number of para-hydroxylation sites is 1. The molecule has 0 atom stereocenters. The minimum atomic E-state index is -0.999. The van der Waals surface area contributed by atoms with Gasteiger partial charge in [0.05, 0.1) is 11.1 Å². The number of aryl methyl sites for hydroxylation is 1. The minimum absolute atomic E-state index is 0.0832. The lowest BCUT2D eigenvalue weighted by molar-refractivity contribution is 0.0697. The molecular weight excluding hydrogens is 308 g/mol. The van der Waals surface area contributed by atoms with Gasteiger partial charge in [0.15, 0.2) is 5.82 Å². The number of carboxylic acid groups (broad SMARTS) is 1. The minimum Gasteiger partial charge on any atom is -0.507 e. The van der Waals surface area contributed by atoms with Crippen LogP contribution in [0.15, 0.2) is 54.6 Å². The first-order valence-electron chi connectivity index (χ1n) is 7.18. The van der Waals surface area contributed by atoms with Gasteiger partial charge in [0.2, 0.25) is 5.88 Å². The van der Waals surface area contributed by atoms with E-state index in [1.54, 1.807) is 49.4 Å². The van der Waals surface area contributed by atoms with Crippen molar-refractivity contribution in [1.82, 2.24) is 9.97 Å². The van der Waals surface area contributed by atoms with Crippen molar-refractivity contribution in [2.24, 2.45) is 0 Å². The highest BCUT2D eigenvalue weighted by molar-refractivity contribution is 5.87. The normalized spacial score (nSPS) is 10.4. The molecular formula is C18H14N2O4. The number of aromatic carboxylic acids is 1. The van der Waals surface area contributed by atoms with Crippen molar-refractivity contribution < 1.29 is 19.7 Å². The number of aromatic nitrogens is 2. The van der Waals surface area contributed by atoms with E-state index in [4.69, 9.17) is 9.84 Å². The topological polar surface area (TPSA) is 92.5 Å². The zero-order chi connectivity index (χ0) is 17.1. The Morgan fingerprint density at radius 2 is 1.75 bits per heavy atom. The van der Waals surface area contributed by atoms with E-state index in [1.807, 2.05) is 0 Å². The number of benzene rings is 2. The Kier molecular flexibility index (Phi) is 4.11. The summed E-state index contributed by atoms with van der Waals surface area (Å²) in [4.78, 5) is 19.5. The van der Waals surface area contributed by atoms with Crippen LogP contribution < -0.4 is 4.74 Å². The van der Waals surface area contributed by atoms with Gasteiger partial charge < -0.3 is 14.9 Å². The Morgan fingerprint density at radius 3 is 2.42 bits per heavy atom. The monoisotopic (exact) mass is 322 g/mol. The molecule has 24 heavy (non-hydrogen) atoms. The molecule has 1 heterocycles. The SMILES string of the molecule is Cc1cc(Oc2ccc(C(=O)O)cc2)nc(-c2ccccc2O)n1. The van der Waals surface area contributed by atoms with Gasteiger partial charge in [-0.15, -0.1) is 0 Å². The molecule has 0 fully saturated rings. The van der Waals surface area contributed by atoms with Crippen molar-refractivity contribution in [3.63, 3.8) is 0 Å². The molecule has 0 aliphatic heterocycles. The van der Waals surface area contributed by atoms with Crippen LogP contribution in [-0.2, 0) is 0 Å². The van der Waals surface area contributed by atoms with Crippen molar-refractivity contribution in [1.29, 1.82) is 0 Å². The van der Waals surface area contributed by atoms with Crippen LogP contribution in [0.2, 0.25) is 0 Å². The van der Waals surface area contributed by atoms with Crippen LogP contribution >= 0.6 is 0 Å². The maximum absolute atomic E-state index is 10.9. The molecule has 2 N–H and O–H groups in total. The van der Waals surface area contributed by atoms with E-state index in [1.165, 1.54) is 12.1 Å². The van der Waals surface area contributed by atoms with Gasteiger partial charge in [0.1, 0.15) is 11.5 Å². The molecule has 1 aromatic heterocycles. The highest BCUT2D eigenvalue weighted by atomic mass is 16.5. The van der Waals surface area contributed by atoms with Crippen LogP contribution in [-0.4, -0.2) is 26.2 Å². The van der Waals surface area contributed by atoms with E-state index in [0.717, 1.165) is 0 Å². The van der Waals surface area contributed by atoms with Crippen LogP contribution in [0.25, 0.3) is 11.4 Å². The predicted molar refractivity (Wildman–Crippen MR) is 87.3 cm³/mol. The first kappa shape index (κ1) is 15.5. The van der Waals surface area contributed by atoms with Crippen LogP contribution in [0.5, 0.6) is 17.4 Å². The molecule has 0 saturated heterocycles. The average molecular weight is 322 g/mol. The maximum Gasteiger partial charge on any atom is 0.335 e. The van der Waals surface area contributed by atoms with E-state index in [2.05, 4.69) is 9.97 Å². The summed E-state index contributed by atoms with van der Waals surface area (Å²) in [6.07, 6.45) is 0. The number of carboxylic acids is 1. The Morgan fingerprint density at radius 1 is 1.04 bits per heavy atom. The zero-order valence-electron chi connectivity index (χ0n) is 12.8. The van der Waals surface area contributed by atoms with Crippen molar-refractivity contribution >= 4 is 5.97 Å². The second-order valence-corrected chi connectivity index (χ2v) is 5.12. The van der Waals surface area contributed by atoms with Crippen molar-refractivity contribution in [3.8, 4) is 28.8 Å². The molecule has 0 saturated carbocycles. The van der Waals surface area contributed by atoms with Crippen LogP contribution in [0, 0.1) is 6.92 Å². The smallest absolute Gasteiger partial charge is 0.335 e. The van der Waals surface area contributed by atoms with Gasteiger partial charge in [-0.05, 0) is 43.3 Å². The Balaban J connectivity index is 1.92. The van der Waals surface area contributed by atoms with E-state index >= 15 is 0 Å². The molecule has 0 radical (unpaired) electrons. The third-order valence-electron chi connectivity index (χ3n) is 3.30. The number of phenolic OH excluding ortho intramolecular Hbond substituents is 1. The number of carbonyl (C=O) groups is 1. The summed E-state index contributed by atoms with van der Waals surface area (Å²) in [5.41, 5.74) is 1.36. The van der Waals surface area contributed by atoms with Gasteiger partial charge in [-0.2, -0.15) is 4.98 Å². The Hall–Kier alpha value is -3.41. The molecule has 0 aliphatic carbocycles. The molecule has 3 aromatic rings. The standard InChI is InChI=1S/C18H14N2O4/c1-11-10-16(24-13-8-6-12(7-9-13)18(22)23)20-17(19-11)14-4-2-3-5-15(14)21/h2-10,21H,1H3,(H,22,23). The number of hydrogen-bond acceptors (Lipinski definition) is 5. The number of rotatable bonds is 4. The van der Waals surface area contributed by atoms with Gasteiger partial charge in [0, 0.05) is 11.8 Å². The molecule has 0 unspecified atom stereocenters. The van der Waals surface area contributed by atoms with Crippen molar-refractivity contribution in [3.05, 3.63) is 65.9 Å². The average Bonchev–Trinajstić information content (AvgIpc) is 2.55. The quantitative estimate of drug-likeness (QED) is 0.761. The lowest BCUT2D eigenvalue weighted by Crippen LogP contribution is -1.97. The van der Waals surface area contributed by atoms with Crippen molar-refractivity contribution in [2.45, 2.75) is 6.92 Å². The molecule has 120 valence electrons. The molecule has 2 aromatic carbocycles. The molecule has 0 amide bonds. The number of ether oxygens (including phenoxy) is 1. The fourth-order valence-electron chi connectivity index (χ4n) is 2.16. The number of aromatic hydroxyl groups is 1. The molecule has 3 rings (SSSR count). The summed E-state index contributed by atoms with van der Waals surface area (Å²) in [5.74, 6) is 0.205. The summed E-state index contributed by atoms with van der Waals surface area (Å²) < 4.78 is 5.67. The van der Waals surface area contributed by atoms with Gasteiger partial charge in [-0.1, -0.05) is 12.1 Å². The molecule has 0 spiro atoms. The molecule has 0 bridgehead atoms. The predicted octanol–water partition coefficient (Wildman–Crippen LogP) is 3.65. The van der Waals surface area contributed by atoms with E-state index in [9.17, 15) is 9.90 Å². The van der Waals surface area contributed by atoms with E-state index in [-0.39, 0.29) is 11.3 Å². The summed E-state index contributed by atoms with van der Waals surface area (Å²) in [6, 6.07) is 14.5. The van der Waals surface area contributed by atoms with Gasteiger partial charge in [-0.3, -0.25) is 0 Å². The number of nitrogens with zero attached hydrogens (tertiary/aromatic N) is 2. The summed E-state index contributed by atoms with van der Waals surface area (Å²) in [6.45, 7) is 1.80. The first-order chi connectivity index (χ1) is 11.5. The molecule has 0 aliphatic rings. The lowest BCUT2D eigenvalue weighted by Gasteiger charge is -2.09. The second kappa shape index (κ2) is 6.37. The number of phenols is 1. The fourth-order valence-corrected chi connectivity index (χ4v) is 2.16. The number of hydrogen-bond donors (Lipinski definition) is 2. The fraction of sp³-hybridized carbons (Fsp3) is 0.0556. The maximum atomic E-state index is 10.9. The Bertz CT molecular complexity index is 892. The van der Waals surface area contributed by atoms with E-state index < -0.39 is 5.97 Å². The van der Waals surface area contributed by atoms with Gasteiger partial charge >= 0.3 is 5.97 Å². The molecule has 6 heteroatoms. The van der Waals surface area contributed by atoms with Gasteiger partial charge in [0.25, 0.3) is 0 Å². The first-order valence-corrected chi connectivity index (χ1v) is 7.18. The summed E-state index contributed by atoms with van der Waals surface area (Å²) >= 11 is 0. The van der Waals surface area contributed by atoms with Crippen molar-refractivity contribution in [2.75, 3.05) is 0 Å². The second-order valence-electron chi connectivity index (χ2n) is 5.12. The Labute approximate surface area is 138 Å². The summed E-state index contributed by atoms with van der Waals surface area (Å²) in [5, 5.41) is 18.8. The molecule has 6 nitrogen and oxygen atoms in total.